The van der Waals surface area contributed by atoms with Crippen molar-refractivity contribution in [3.63, 3.8) is 0 Å². The molecule has 1 aromatic rings. The molecule has 3 heteroatoms. The maximum absolute atomic E-state index is 9.60. The van der Waals surface area contributed by atoms with Gasteiger partial charge in [-0.15, -0.1) is 11.3 Å². The number of aliphatic hydroxyl groups is 1. The second-order valence-electron chi connectivity index (χ2n) is 3.24. The Kier molecular flexibility index (Phi) is 2.17. The van der Waals surface area contributed by atoms with Gasteiger partial charge in [-0.25, -0.2) is 0 Å². The molecule has 2 rings (SSSR count). The molecule has 0 aliphatic carbocycles. The summed E-state index contributed by atoms with van der Waals surface area (Å²) < 4.78 is 0. The van der Waals surface area contributed by atoms with Crippen molar-refractivity contribution >= 4 is 11.3 Å². The smallest absolute Gasteiger partial charge is 0.0755 e. The first-order valence-electron chi connectivity index (χ1n) is 4.25. The Labute approximate surface area is 76.2 Å². The van der Waals surface area contributed by atoms with E-state index in [0.29, 0.717) is 0 Å². The van der Waals surface area contributed by atoms with E-state index in [0.717, 1.165) is 13.0 Å². The Morgan fingerprint density at radius 1 is 1.58 bits per heavy atom. The quantitative estimate of drug-likeness (QED) is 0.690. The van der Waals surface area contributed by atoms with Gasteiger partial charge in [0.15, 0.2) is 0 Å². The Hall–Kier alpha value is -0.380. The van der Waals surface area contributed by atoms with Gasteiger partial charge in [-0.05, 0) is 32.0 Å². The summed E-state index contributed by atoms with van der Waals surface area (Å²) in [5.74, 6) is 0. The van der Waals surface area contributed by atoms with E-state index in [1.54, 1.807) is 11.3 Å². The number of aryl methyl sites for hydroxylation is 1. The van der Waals surface area contributed by atoms with Crippen molar-refractivity contribution in [2.45, 2.75) is 25.5 Å². The van der Waals surface area contributed by atoms with E-state index < -0.39 is 0 Å². The number of thiophene rings is 1. The topological polar surface area (TPSA) is 32.3 Å². The number of hydrogen-bond acceptors (Lipinski definition) is 3. The molecule has 12 heavy (non-hydrogen) atoms. The van der Waals surface area contributed by atoms with Crippen molar-refractivity contribution in [3.8, 4) is 0 Å². The lowest BCUT2D eigenvalue weighted by Gasteiger charge is -2.11. The lowest BCUT2D eigenvalue weighted by molar-refractivity contribution is 0.161. The molecule has 1 fully saturated rings. The largest absolute Gasteiger partial charge is 0.391 e. The van der Waals surface area contributed by atoms with E-state index in [2.05, 4.69) is 24.4 Å². The lowest BCUT2D eigenvalue weighted by Crippen LogP contribution is -2.19. The molecule has 0 aromatic carbocycles. The lowest BCUT2D eigenvalue weighted by atomic mass is 10.1. The summed E-state index contributed by atoms with van der Waals surface area (Å²) in [6, 6.07) is 4.39. The van der Waals surface area contributed by atoms with E-state index >= 15 is 0 Å². The van der Waals surface area contributed by atoms with Crippen molar-refractivity contribution in [2.24, 2.45) is 0 Å². The first-order valence-corrected chi connectivity index (χ1v) is 5.07. The number of aliphatic hydroxyl groups excluding tert-OH is 1. The van der Waals surface area contributed by atoms with Crippen LogP contribution < -0.4 is 5.32 Å². The number of rotatable bonds is 1. The molecule has 1 saturated heterocycles. The molecule has 2 heterocycles. The van der Waals surface area contributed by atoms with Gasteiger partial charge in [0, 0.05) is 9.75 Å². The first-order chi connectivity index (χ1) is 5.77. The van der Waals surface area contributed by atoms with E-state index in [-0.39, 0.29) is 12.1 Å². The average molecular weight is 183 g/mol. The third kappa shape index (κ3) is 1.40. The fourth-order valence-electron chi connectivity index (χ4n) is 1.60. The third-order valence-corrected chi connectivity index (χ3v) is 3.34. The van der Waals surface area contributed by atoms with Crippen LogP contribution in [0.1, 0.15) is 22.2 Å². The number of nitrogens with one attached hydrogen (secondary N) is 1. The van der Waals surface area contributed by atoms with Gasteiger partial charge < -0.3 is 10.4 Å². The zero-order valence-corrected chi connectivity index (χ0v) is 7.90. The molecule has 1 aliphatic rings. The molecule has 0 saturated carbocycles. The van der Waals surface area contributed by atoms with Gasteiger partial charge in [0.25, 0.3) is 0 Å². The molecule has 2 atom stereocenters. The zero-order valence-electron chi connectivity index (χ0n) is 7.08. The molecule has 1 aromatic heterocycles. The first kappa shape index (κ1) is 8.23. The molecule has 0 radical (unpaired) electrons. The summed E-state index contributed by atoms with van der Waals surface area (Å²) in [6.07, 6.45) is 0.685. The molecule has 0 spiro atoms. The molecule has 2 nitrogen and oxygen atoms in total. The third-order valence-electron chi connectivity index (χ3n) is 2.26. The Bertz CT molecular complexity index is 271. The normalized spacial score (nSPS) is 29.5. The average Bonchev–Trinajstić information content (AvgIpc) is 2.58. The molecule has 1 aliphatic heterocycles. The van der Waals surface area contributed by atoms with Gasteiger partial charge in [-0.1, -0.05) is 0 Å². The predicted molar refractivity (Wildman–Crippen MR) is 50.4 cm³/mol. The molecule has 2 unspecified atom stereocenters. The minimum absolute atomic E-state index is 0.184. The fourth-order valence-corrected chi connectivity index (χ4v) is 2.61. The second-order valence-corrected chi connectivity index (χ2v) is 4.56. The monoisotopic (exact) mass is 183 g/mol. The Morgan fingerprint density at radius 2 is 2.42 bits per heavy atom. The summed E-state index contributed by atoms with van der Waals surface area (Å²) in [6.45, 7) is 3.03. The SMILES string of the molecule is Cc1ccc(C2NCCC2O)s1. The second kappa shape index (κ2) is 3.17. The van der Waals surface area contributed by atoms with Crippen LogP contribution in [0.25, 0.3) is 0 Å². The van der Waals surface area contributed by atoms with Gasteiger partial charge in [0.2, 0.25) is 0 Å². The molecule has 0 bridgehead atoms. The predicted octanol–water partition coefficient (Wildman–Crippen LogP) is 1.45. The van der Waals surface area contributed by atoms with Crippen LogP contribution in [0.5, 0.6) is 0 Å². The van der Waals surface area contributed by atoms with Crippen LogP contribution in [-0.4, -0.2) is 17.8 Å². The Morgan fingerprint density at radius 3 is 2.92 bits per heavy atom. The highest BCUT2D eigenvalue weighted by Crippen LogP contribution is 2.29. The van der Waals surface area contributed by atoms with Crippen LogP contribution in [0.2, 0.25) is 0 Å². The molecular formula is C9H13NOS. The van der Waals surface area contributed by atoms with E-state index in [1.807, 2.05) is 0 Å². The van der Waals surface area contributed by atoms with E-state index in [4.69, 9.17) is 0 Å². The van der Waals surface area contributed by atoms with Crippen LogP contribution in [0.3, 0.4) is 0 Å². The summed E-state index contributed by atoms with van der Waals surface area (Å²) in [4.78, 5) is 2.57. The molecule has 66 valence electrons. The van der Waals surface area contributed by atoms with Crippen LogP contribution in [0.15, 0.2) is 12.1 Å². The zero-order chi connectivity index (χ0) is 8.55. The van der Waals surface area contributed by atoms with E-state index in [1.165, 1.54) is 9.75 Å². The van der Waals surface area contributed by atoms with Crippen molar-refractivity contribution in [2.75, 3.05) is 6.54 Å². The molecule has 0 amide bonds. The van der Waals surface area contributed by atoms with Gasteiger partial charge in [0.1, 0.15) is 0 Å². The maximum Gasteiger partial charge on any atom is 0.0755 e. The summed E-state index contributed by atoms with van der Waals surface area (Å²) >= 11 is 1.77. The van der Waals surface area contributed by atoms with Gasteiger partial charge in [0.05, 0.1) is 12.1 Å². The van der Waals surface area contributed by atoms with Crippen LogP contribution >= 0.6 is 11.3 Å². The van der Waals surface area contributed by atoms with Crippen LogP contribution in [0, 0.1) is 6.92 Å². The van der Waals surface area contributed by atoms with Crippen LogP contribution in [0.4, 0.5) is 0 Å². The van der Waals surface area contributed by atoms with E-state index in [9.17, 15) is 5.11 Å². The minimum Gasteiger partial charge on any atom is -0.391 e. The van der Waals surface area contributed by atoms with Crippen molar-refractivity contribution in [1.82, 2.24) is 5.32 Å². The van der Waals surface area contributed by atoms with Crippen molar-refractivity contribution < 1.29 is 5.11 Å². The summed E-state index contributed by atoms with van der Waals surface area (Å²) in [5, 5.41) is 12.9. The highest BCUT2D eigenvalue weighted by Gasteiger charge is 2.26. The minimum atomic E-state index is -0.192. The van der Waals surface area contributed by atoms with Crippen LogP contribution in [-0.2, 0) is 0 Å². The van der Waals surface area contributed by atoms with Crippen molar-refractivity contribution in [1.29, 1.82) is 0 Å². The highest BCUT2D eigenvalue weighted by atomic mass is 32.1. The van der Waals surface area contributed by atoms with Gasteiger partial charge in [-0.3, -0.25) is 0 Å². The fraction of sp³-hybridized carbons (Fsp3) is 0.556. The Balaban J connectivity index is 2.19. The molecular weight excluding hydrogens is 170 g/mol. The standard InChI is InChI=1S/C9H13NOS/c1-6-2-3-8(12-6)9-7(11)4-5-10-9/h2-3,7,9-11H,4-5H2,1H3. The van der Waals surface area contributed by atoms with Crippen molar-refractivity contribution in [3.05, 3.63) is 21.9 Å². The summed E-state index contributed by atoms with van der Waals surface area (Å²) in [7, 11) is 0. The number of hydrogen-bond donors (Lipinski definition) is 2. The van der Waals surface area contributed by atoms with Gasteiger partial charge >= 0.3 is 0 Å². The maximum atomic E-state index is 9.60. The molecule has 2 N–H and O–H groups in total. The van der Waals surface area contributed by atoms with Gasteiger partial charge in [-0.2, -0.15) is 0 Å². The summed E-state index contributed by atoms with van der Waals surface area (Å²) in [5.41, 5.74) is 0. The highest BCUT2D eigenvalue weighted by molar-refractivity contribution is 7.12.